The molecule has 1 unspecified atom stereocenters. The van der Waals surface area contributed by atoms with E-state index in [0.717, 1.165) is 22.3 Å². The Hall–Kier alpha value is -3.40. The van der Waals surface area contributed by atoms with E-state index in [2.05, 4.69) is 41.2 Å². The van der Waals surface area contributed by atoms with Crippen molar-refractivity contribution in [3.05, 3.63) is 84.6 Å². The second kappa shape index (κ2) is 7.46. The van der Waals surface area contributed by atoms with Crippen LogP contribution in [0.5, 0.6) is 5.75 Å². The van der Waals surface area contributed by atoms with Crippen LogP contribution in [0.4, 0.5) is 5.95 Å². The van der Waals surface area contributed by atoms with Crippen molar-refractivity contribution in [1.29, 1.82) is 0 Å². The molecular formula is C23H21N3O. The van der Waals surface area contributed by atoms with Gasteiger partial charge in [-0.2, -0.15) is 0 Å². The lowest BCUT2D eigenvalue weighted by Gasteiger charge is -2.15. The fraction of sp³-hybridized carbons (Fsp3) is 0.130. The molecule has 0 fully saturated rings. The highest BCUT2D eigenvalue weighted by atomic mass is 16.5. The maximum Gasteiger partial charge on any atom is 0.220 e. The Morgan fingerprint density at radius 1 is 0.815 bits per heavy atom. The summed E-state index contributed by atoms with van der Waals surface area (Å²) < 4.78 is 6.00. The van der Waals surface area contributed by atoms with E-state index >= 15 is 0 Å². The van der Waals surface area contributed by atoms with Crippen LogP contribution in [0.1, 0.15) is 18.5 Å². The number of rotatable bonds is 5. The predicted octanol–water partition coefficient (Wildman–Crippen LogP) is 5.06. The monoisotopic (exact) mass is 355 g/mol. The third-order valence-electron chi connectivity index (χ3n) is 4.58. The molecule has 1 heterocycles. The van der Waals surface area contributed by atoms with Crippen LogP contribution in [0.3, 0.4) is 0 Å². The van der Waals surface area contributed by atoms with E-state index in [-0.39, 0.29) is 5.92 Å². The number of anilines is 1. The lowest BCUT2D eigenvalue weighted by Crippen LogP contribution is -2.11. The number of fused-ring (bicyclic) bond motifs is 1. The zero-order valence-electron chi connectivity index (χ0n) is 15.2. The predicted molar refractivity (Wildman–Crippen MR) is 110 cm³/mol. The van der Waals surface area contributed by atoms with Gasteiger partial charge in [-0.3, -0.25) is 0 Å². The van der Waals surface area contributed by atoms with Crippen LogP contribution >= 0.6 is 0 Å². The summed E-state index contributed by atoms with van der Waals surface area (Å²) in [6.07, 6.45) is 0. The quantitative estimate of drug-likeness (QED) is 0.543. The molecule has 3 aromatic carbocycles. The fourth-order valence-electron chi connectivity index (χ4n) is 3.17. The highest BCUT2D eigenvalue weighted by Crippen LogP contribution is 2.26. The number of nitrogen functional groups attached to an aromatic ring is 1. The molecule has 0 amide bonds. The zero-order chi connectivity index (χ0) is 18.6. The summed E-state index contributed by atoms with van der Waals surface area (Å²) in [7, 11) is 0. The van der Waals surface area contributed by atoms with E-state index in [1.54, 1.807) is 0 Å². The molecule has 0 saturated heterocycles. The summed E-state index contributed by atoms with van der Waals surface area (Å²) in [6, 6.07) is 26.4. The number of hydrogen-bond donors (Lipinski definition) is 1. The average molecular weight is 355 g/mol. The minimum Gasteiger partial charge on any atom is -0.493 e. The van der Waals surface area contributed by atoms with E-state index in [1.807, 2.05) is 54.6 Å². The van der Waals surface area contributed by atoms with Crippen LogP contribution in [0.2, 0.25) is 0 Å². The molecule has 0 saturated carbocycles. The van der Waals surface area contributed by atoms with Gasteiger partial charge >= 0.3 is 0 Å². The van der Waals surface area contributed by atoms with Gasteiger partial charge in [0.05, 0.1) is 17.8 Å². The minimum absolute atomic E-state index is 0.0917. The van der Waals surface area contributed by atoms with Gasteiger partial charge in [0.1, 0.15) is 5.75 Å². The number of nitrogens with zero attached hydrogens (tertiary/aromatic N) is 2. The van der Waals surface area contributed by atoms with Crippen LogP contribution < -0.4 is 10.5 Å². The molecule has 0 aliphatic rings. The highest BCUT2D eigenvalue weighted by Gasteiger charge is 2.14. The van der Waals surface area contributed by atoms with Gasteiger partial charge in [0.25, 0.3) is 0 Å². The summed E-state index contributed by atoms with van der Waals surface area (Å²) in [6.45, 7) is 2.61. The summed E-state index contributed by atoms with van der Waals surface area (Å²) >= 11 is 0. The zero-order valence-corrected chi connectivity index (χ0v) is 15.2. The summed E-state index contributed by atoms with van der Waals surface area (Å²) in [5.41, 5.74) is 10.0. The van der Waals surface area contributed by atoms with Gasteiger partial charge in [-0.1, -0.05) is 67.6 Å². The number of nitrogens with two attached hydrogens (primary N) is 1. The van der Waals surface area contributed by atoms with Crippen molar-refractivity contribution in [3.8, 4) is 16.9 Å². The molecule has 2 N–H and O–H groups in total. The lowest BCUT2D eigenvalue weighted by atomic mass is 10.0. The first-order valence-corrected chi connectivity index (χ1v) is 9.01. The molecule has 27 heavy (non-hydrogen) atoms. The molecule has 4 nitrogen and oxygen atoms in total. The van der Waals surface area contributed by atoms with Crippen LogP contribution in [0.25, 0.3) is 22.0 Å². The second-order valence-corrected chi connectivity index (χ2v) is 6.59. The van der Waals surface area contributed by atoms with Gasteiger partial charge in [0.2, 0.25) is 5.95 Å². The van der Waals surface area contributed by atoms with E-state index in [9.17, 15) is 0 Å². The van der Waals surface area contributed by atoms with Crippen molar-refractivity contribution in [1.82, 2.24) is 9.97 Å². The Balaban J connectivity index is 1.49. The molecule has 0 bridgehead atoms. The molecule has 4 rings (SSSR count). The smallest absolute Gasteiger partial charge is 0.220 e. The summed E-state index contributed by atoms with van der Waals surface area (Å²) in [5.74, 6) is 1.23. The second-order valence-electron chi connectivity index (χ2n) is 6.59. The van der Waals surface area contributed by atoms with Crippen molar-refractivity contribution in [2.75, 3.05) is 12.3 Å². The Morgan fingerprint density at radius 2 is 1.48 bits per heavy atom. The summed E-state index contributed by atoms with van der Waals surface area (Å²) in [5, 5.41) is 1.02. The topological polar surface area (TPSA) is 61.0 Å². The number of ether oxygens (including phenoxy) is 1. The van der Waals surface area contributed by atoms with Gasteiger partial charge in [-0.05, 0) is 29.3 Å². The fourth-order valence-corrected chi connectivity index (χ4v) is 3.17. The largest absolute Gasteiger partial charge is 0.493 e. The van der Waals surface area contributed by atoms with Crippen molar-refractivity contribution in [2.45, 2.75) is 12.8 Å². The molecule has 0 spiro atoms. The van der Waals surface area contributed by atoms with Gasteiger partial charge in [-0.25, -0.2) is 9.97 Å². The maximum atomic E-state index is 6.00. The number of aromatic nitrogens is 2. The molecule has 0 aliphatic carbocycles. The van der Waals surface area contributed by atoms with Crippen molar-refractivity contribution in [2.24, 2.45) is 0 Å². The molecule has 4 aromatic rings. The van der Waals surface area contributed by atoms with Crippen molar-refractivity contribution >= 4 is 16.9 Å². The average Bonchev–Trinajstić information content (AvgIpc) is 2.72. The lowest BCUT2D eigenvalue weighted by molar-refractivity contribution is 0.294. The van der Waals surface area contributed by atoms with Crippen LogP contribution in [0, 0.1) is 0 Å². The van der Waals surface area contributed by atoms with Crippen LogP contribution in [-0.2, 0) is 0 Å². The van der Waals surface area contributed by atoms with Gasteiger partial charge < -0.3 is 10.5 Å². The van der Waals surface area contributed by atoms with E-state index in [4.69, 9.17) is 10.5 Å². The Labute approximate surface area is 158 Å². The first kappa shape index (κ1) is 17.0. The SMILES string of the molecule is CC(COc1ccc(-c2ccccc2)cc1)c1nc(N)nc2ccccc12. The summed E-state index contributed by atoms with van der Waals surface area (Å²) in [4.78, 5) is 8.76. The van der Waals surface area contributed by atoms with E-state index in [0.29, 0.717) is 12.6 Å². The first-order chi connectivity index (χ1) is 13.2. The Bertz CT molecular complexity index is 1050. The third-order valence-corrected chi connectivity index (χ3v) is 4.58. The van der Waals surface area contributed by atoms with Gasteiger partial charge in [0, 0.05) is 11.3 Å². The first-order valence-electron chi connectivity index (χ1n) is 9.01. The number of hydrogen-bond acceptors (Lipinski definition) is 4. The number of benzene rings is 3. The highest BCUT2D eigenvalue weighted by molar-refractivity contribution is 5.82. The molecular weight excluding hydrogens is 334 g/mol. The standard InChI is InChI=1S/C23H21N3O/c1-16(22-20-9-5-6-10-21(20)25-23(24)26-22)15-27-19-13-11-18(12-14-19)17-7-3-2-4-8-17/h2-14,16H,15H2,1H3,(H2,24,25,26). The maximum absolute atomic E-state index is 6.00. The molecule has 1 atom stereocenters. The van der Waals surface area contributed by atoms with Crippen molar-refractivity contribution < 1.29 is 4.74 Å². The molecule has 134 valence electrons. The molecule has 1 aromatic heterocycles. The molecule has 0 radical (unpaired) electrons. The van der Waals surface area contributed by atoms with E-state index in [1.165, 1.54) is 11.1 Å². The van der Waals surface area contributed by atoms with Gasteiger partial charge in [0.15, 0.2) is 0 Å². The van der Waals surface area contributed by atoms with Crippen molar-refractivity contribution in [3.63, 3.8) is 0 Å². The minimum atomic E-state index is 0.0917. The normalized spacial score (nSPS) is 12.0. The van der Waals surface area contributed by atoms with Gasteiger partial charge in [-0.15, -0.1) is 0 Å². The number of para-hydroxylation sites is 1. The third kappa shape index (κ3) is 3.75. The Morgan fingerprint density at radius 3 is 2.26 bits per heavy atom. The Kier molecular flexibility index (Phi) is 4.71. The van der Waals surface area contributed by atoms with Crippen LogP contribution in [-0.4, -0.2) is 16.6 Å². The molecule has 0 aliphatic heterocycles. The van der Waals surface area contributed by atoms with E-state index < -0.39 is 0 Å². The molecule has 4 heteroatoms. The van der Waals surface area contributed by atoms with Crippen LogP contribution in [0.15, 0.2) is 78.9 Å².